The second-order valence-electron chi connectivity index (χ2n) is 9.68. The van der Waals surface area contributed by atoms with Gasteiger partial charge in [0.1, 0.15) is 31.5 Å². The van der Waals surface area contributed by atoms with Gasteiger partial charge >= 0.3 is 41.8 Å². The van der Waals surface area contributed by atoms with Gasteiger partial charge in [-0.05, 0) is 0 Å². The molecule has 0 aromatic rings. The monoisotopic (exact) mass is 636 g/mol. The Hall–Kier alpha value is -3.87. The summed E-state index contributed by atoms with van der Waals surface area (Å²) < 4.78 is 54.1. The number of aliphatic hydroxyl groups excluding tert-OH is 1. The van der Waals surface area contributed by atoms with Crippen LogP contribution in [0.3, 0.4) is 0 Å². The molecular formula is C26H36O18. The molecule has 0 spiro atoms. The molecule has 0 aromatic heterocycles. The van der Waals surface area contributed by atoms with Gasteiger partial charge in [-0.25, -0.2) is 0 Å². The van der Waals surface area contributed by atoms with E-state index in [4.69, 9.17) is 47.4 Å². The summed E-state index contributed by atoms with van der Waals surface area (Å²) in [7, 11) is 0. The molecule has 2 fully saturated rings. The molecule has 2 aliphatic rings. The SMILES string of the molecule is CC(=O)OC[C@H]1OC(O)[C@H](OC(C)=O)C(OC(C)=O)C1OC1O[C@H](COC(C)=O)C(OC(C)=O)[C@H](OC(C)=O)C1OC(C)=O. The Morgan fingerprint density at radius 2 is 0.841 bits per heavy atom. The maximum Gasteiger partial charge on any atom is 0.303 e. The quantitative estimate of drug-likeness (QED) is 0.203. The lowest BCUT2D eigenvalue weighted by Crippen LogP contribution is -2.67. The molecule has 2 aliphatic heterocycles. The van der Waals surface area contributed by atoms with E-state index in [0.29, 0.717) is 0 Å². The Balaban J connectivity index is 2.66. The number of aliphatic hydroxyl groups is 1. The second kappa shape index (κ2) is 16.3. The molecule has 0 aliphatic carbocycles. The van der Waals surface area contributed by atoms with Gasteiger partial charge < -0.3 is 52.5 Å². The molecular weight excluding hydrogens is 600 g/mol. The van der Waals surface area contributed by atoms with Crippen LogP contribution in [0.5, 0.6) is 0 Å². The minimum Gasteiger partial charge on any atom is -0.463 e. The van der Waals surface area contributed by atoms with Gasteiger partial charge in [0.25, 0.3) is 0 Å². The highest BCUT2D eigenvalue weighted by Gasteiger charge is 2.57. The molecule has 18 heteroatoms. The van der Waals surface area contributed by atoms with E-state index in [1.807, 2.05) is 0 Å². The predicted molar refractivity (Wildman–Crippen MR) is 135 cm³/mol. The molecule has 44 heavy (non-hydrogen) atoms. The lowest BCUT2D eigenvalue weighted by atomic mass is 9.96. The van der Waals surface area contributed by atoms with E-state index < -0.39 is 116 Å². The first-order chi connectivity index (χ1) is 20.5. The highest BCUT2D eigenvalue weighted by molar-refractivity contribution is 5.69. The van der Waals surface area contributed by atoms with Gasteiger partial charge in [0, 0.05) is 48.5 Å². The molecule has 10 atom stereocenters. The number of hydrogen-bond acceptors (Lipinski definition) is 18. The van der Waals surface area contributed by atoms with Crippen LogP contribution in [0.2, 0.25) is 0 Å². The number of esters is 7. The van der Waals surface area contributed by atoms with Crippen LogP contribution >= 0.6 is 0 Å². The van der Waals surface area contributed by atoms with Crippen molar-refractivity contribution >= 4 is 41.8 Å². The molecule has 248 valence electrons. The van der Waals surface area contributed by atoms with Crippen molar-refractivity contribution in [3.63, 3.8) is 0 Å². The highest BCUT2D eigenvalue weighted by Crippen LogP contribution is 2.34. The zero-order chi connectivity index (χ0) is 33.3. The molecule has 2 saturated heterocycles. The van der Waals surface area contributed by atoms with Crippen LogP contribution in [0, 0.1) is 0 Å². The lowest BCUT2D eigenvalue weighted by Gasteiger charge is -2.48. The van der Waals surface area contributed by atoms with E-state index in [0.717, 1.165) is 48.5 Å². The second-order valence-corrected chi connectivity index (χ2v) is 9.68. The molecule has 0 radical (unpaired) electrons. The minimum absolute atomic E-state index is 0.572. The molecule has 18 nitrogen and oxygen atoms in total. The fraction of sp³-hybridized carbons (Fsp3) is 0.731. The first-order valence-corrected chi connectivity index (χ1v) is 13.3. The Morgan fingerprint density at radius 1 is 0.477 bits per heavy atom. The fourth-order valence-corrected chi connectivity index (χ4v) is 4.49. The van der Waals surface area contributed by atoms with E-state index in [9.17, 15) is 38.7 Å². The van der Waals surface area contributed by atoms with Crippen LogP contribution in [0.15, 0.2) is 0 Å². The summed E-state index contributed by atoms with van der Waals surface area (Å²) in [5, 5.41) is 10.6. The Kier molecular flexibility index (Phi) is 13.4. The number of ether oxygens (including phenoxy) is 10. The Morgan fingerprint density at radius 3 is 1.27 bits per heavy atom. The molecule has 0 aromatic carbocycles. The van der Waals surface area contributed by atoms with Gasteiger partial charge in [0.15, 0.2) is 43.1 Å². The standard InChI is InChI=1S/C26H36O18/c1-10(27)35-8-17-20(21(38-13(4)30)23(25(34)42-17)40-15(6)32)44-26-24(41-16(7)33)22(39-14(5)31)19(37-12(3)29)18(43-26)9-36-11(2)28/h17-26,34H,8-9H2,1-7H3/t17-,18-,19?,20?,21?,22+,23-,24?,25?,26?/m1/s1. The maximum absolute atomic E-state index is 12.2. The zero-order valence-corrected chi connectivity index (χ0v) is 25.1. The zero-order valence-electron chi connectivity index (χ0n) is 25.1. The van der Waals surface area contributed by atoms with Crippen molar-refractivity contribution in [2.75, 3.05) is 13.2 Å². The van der Waals surface area contributed by atoms with Crippen LogP contribution in [-0.2, 0) is 80.9 Å². The summed E-state index contributed by atoms with van der Waals surface area (Å²) >= 11 is 0. The summed E-state index contributed by atoms with van der Waals surface area (Å²) in [5.74, 6) is -6.03. The van der Waals surface area contributed by atoms with Gasteiger partial charge in [-0.2, -0.15) is 0 Å². The van der Waals surface area contributed by atoms with E-state index >= 15 is 0 Å². The van der Waals surface area contributed by atoms with Crippen molar-refractivity contribution in [2.45, 2.75) is 110 Å². The summed E-state index contributed by atoms with van der Waals surface area (Å²) in [6.07, 6.45) is -16.3. The third-order valence-electron chi connectivity index (χ3n) is 5.90. The van der Waals surface area contributed by atoms with Crippen LogP contribution in [0.1, 0.15) is 48.5 Å². The van der Waals surface area contributed by atoms with Crippen molar-refractivity contribution in [3.8, 4) is 0 Å². The number of hydrogen-bond donors (Lipinski definition) is 1. The van der Waals surface area contributed by atoms with Gasteiger partial charge in [-0.1, -0.05) is 0 Å². The van der Waals surface area contributed by atoms with Crippen molar-refractivity contribution in [3.05, 3.63) is 0 Å². The number of carbonyl (C=O) groups is 7. The van der Waals surface area contributed by atoms with E-state index in [1.165, 1.54) is 0 Å². The van der Waals surface area contributed by atoms with Gasteiger partial charge in [-0.3, -0.25) is 33.6 Å². The minimum atomic E-state index is -1.90. The topological polar surface area (TPSA) is 232 Å². The average Bonchev–Trinajstić information content (AvgIpc) is 2.87. The summed E-state index contributed by atoms with van der Waals surface area (Å²) in [5.41, 5.74) is 0. The van der Waals surface area contributed by atoms with Crippen LogP contribution in [-0.4, -0.2) is 122 Å². The molecule has 2 rings (SSSR count). The average molecular weight is 637 g/mol. The summed E-state index contributed by atoms with van der Waals surface area (Å²) in [4.78, 5) is 83.5. The van der Waals surface area contributed by atoms with E-state index in [2.05, 4.69) is 0 Å². The molecule has 1 N–H and O–H groups in total. The molecule has 2 heterocycles. The maximum atomic E-state index is 12.2. The van der Waals surface area contributed by atoms with Gasteiger partial charge in [0.2, 0.25) is 0 Å². The van der Waals surface area contributed by atoms with Crippen molar-refractivity contribution in [1.82, 2.24) is 0 Å². The smallest absolute Gasteiger partial charge is 0.303 e. The first-order valence-electron chi connectivity index (χ1n) is 13.3. The molecule has 0 bridgehead atoms. The largest absolute Gasteiger partial charge is 0.463 e. The van der Waals surface area contributed by atoms with Crippen LogP contribution < -0.4 is 0 Å². The Bertz CT molecular complexity index is 1090. The van der Waals surface area contributed by atoms with E-state index in [1.54, 1.807) is 0 Å². The van der Waals surface area contributed by atoms with E-state index in [-0.39, 0.29) is 0 Å². The first kappa shape index (κ1) is 36.3. The van der Waals surface area contributed by atoms with Gasteiger partial charge in [-0.15, -0.1) is 0 Å². The normalized spacial score (nSPS) is 31.5. The van der Waals surface area contributed by atoms with Crippen LogP contribution in [0.25, 0.3) is 0 Å². The highest BCUT2D eigenvalue weighted by atomic mass is 16.8. The Labute approximate surface area is 251 Å². The number of carbonyl (C=O) groups excluding carboxylic acids is 7. The van der Waals surface area contributed by atoms with Crippen molar-refractivity contribution in [1.29, 1.82) is 0 Å². The molecule has 6 unspecified atom stereocenters. The van der Waals surface area contributed by atoms with Crippen molar-refractivity contribution < 1.29 is 86.0 Å². The molecule has 0 saturated carbocycles. The summed E-state index contributed by atoms with van der Waals surface area (Å²) in [6.45, 7) is 6.11. The third kappa shape index (κ3) is 10.7. The summed E-state index contributed by atoms with van der Waals surface area (Å²) in [6, 6.07) is 0. The lowest BCUT2D eigenvalue weighted by molar-refractivity contribution is -0.357. The fourth-order valence-electron chi connectivity index (χ4n) is 4.49. The third-order valence-corrected chi connectivity index (χ3v) is 5.90. The van der Waals surface area contributed by atoms with Crippen molar-refractivity contribution in [2.24, 2.45) is 0 Å². The van der Waals surface area contributed by atoms with Crippen LogP contribution in [0.4, 0.5) is 0 Å². The number of rotatable bonds is 11. The molecule has 0 amide bonds. The predicted octanol–water partition coefficient (Wildman–Crippen LogP) is -1.40. The van der Waals surface area contributed by atoms with Gasteiger partial charge in [0.05, 0.1) is 0 Å².